The van der Waals surface area contributed by atoms with Gasteiger partial charge in [-0.3, -0.25) is 4.68 Å². The van der Waals surface area contributed by atoms with Crippen LogP contribution >= 0.6 is 38.5 Å². The molecule has 0 aromatic carbocycles. The summed E-state index contributed by atoms with van der Waals surface area (Å²) in [6.45, 7) is 1.89. The molecule has 0 aliphatic carbocycles. The topological polar surface area (TPSA) is 27.1 Å². The average Bonchev–Trinajstić information content (AvgIpc) is 2.74. The van der Waals surface area contributed by atoms with E-state index in [-0.39, 0.29) is 0 Å². The van der Waals surface area contributed by atoms with E-state index in [0.717, 1.165) is 27.7 Å². The molecule has 0 bridgehead atoms. The third-order valence-corrected chi connectivity index (χ3v) is 4.50. The molecule has 0 amide bonds. The predicted octanol–water partition coefficient (Wildman–Crippen LogP) is 2.82. The largest absolute Gasteiger partial charge is 0.378 e. The highest BCUT2D eigenvalue weighted by Crippen LogP contribution is 2.19. The minimum atomic E-state index is 0.454. The quantitative estimate of drug-likeness (QED) is 0.765. The average molecular weight is 371 g/mol. The Morgan fingerprint density at radius 2 is 2.57 bits per heavy atom. The van der Waals surface area contributed by atoms with Gasteiger partial charge in [-0.05, 0) is 57.8 Å². The second-order valence-electron chi connectivity index (χ2n) is 3.45. The summed E-state index contributed by atoms with van der Waals surface area (Å²) in [5.74, 6) is 0. The fourth-order valence-corrected chi connectivity index (χ4v) is 2.37. The Balaban J connectivity index is 1.85. The molecule has 5 heteroatoms. The van der Waals surface area contributed by atoms with Gasteiger partial charge in [0.15, 0.2) is 0 Å². The van der Waals surface area contributed by atoms with E-state index in [1.807, 2.05) is 10.9 Å². The number of hydrogen-bond donors (Lipinski definition) is 0. The first-order chi connectivity index (χ1) is 6.75. The van der Waals surface area contributed by atoms with Crippen molar-refractivity contribution in [1.82, 2.24) is 9.78 Å². The minimum Gasteiger partial charge on any atom is -0.378 e. The Bertz CT molecular complexity index is 290. The van der Waals surface area contributed by atoms with Gasteiger partial charge in [-0.15, -0.1) is 0 Å². The molecule has 1 aliphatic heterocycles. The van der Waals surface area contributed by atoms with Crippen molar-refractivity contribution in [1.29, 1.82) is 0 Å². The zero-order valence-corrected chi connectivity index (χ0v) is 11.5. The van der Waals surface area contributed by atoms with Gasteiger partial charge in [-0.2, -0.15) is 5.10 Å². The molecular weight excluding hydrogens is 359 g/mol. The fourth-order valence-electron chi connectivity index (χ4n) is 1.64. The lowest BCUT2D eigenvalue weighted by Gasteiger charge is -2.08. The van der Waals surface area contributed by atoms with E-state index in [0.29, 0.717) is 6.10 Å². The van der Waals surface area contributed by atoms with Gasteiger partial charge in [0.2, 0.25) is 0 Å². The monoisotopic (exact) mass is 370 g/mol. The summed E-state index contributed by atoms with van der Waals surface area (Å²) in [5.41, 5.74) is 0. The van der Waals surface area contributed by atoms with Crippen molar-refractivity contribution >= 4 is 38.5 Å². The number of halogens is 2. The maximum Gasteiger partial charge on any atom is 0.137 e. The summed E-state index contributed by atoms with van der Waals surface area (Å²) in [5, 5.41) is 4.37. The van der Waals surface area contributed by atoms with Gasteiger partial charge < -0.3 is 4.74 Å². The van der Waals surface area contributed by atoms with E-state index >= 15 is 0 Å². The Hall–Kier alpha value is 0.380. The smallest absolute Gasteiger partial charge is 0.137 e. The molecule has 0 spiro atoms. The summed E-state index contributed by atoms with van der Waals surface area (Å²) in [6.07, 6.45) is 5.97. The van der Waals surface area contributed by atoms with Gasteiger partial charge in [0, 0.05) is 19.3 Å². The highest BCUT2D eigenvalue weighted by molar-refractivity contribution is 14.1. The summed E-state index contributed by atoms with van der Waals surface area (Å²) >= 11 is 5.67. The molecule has 0 radical (unpaired) electrons. The molecule has 1 unspecified atom stereocenters. The first kappa shape index (κ1) is 10.9. The van der Waals surface area contributed by atoms with Gasteiger partial charge in [0.25, 0.3) is 0 Å². The molecule has 1 fully saturated rings. The molecular formula is C9H12BrIN2O. The second kappa shape index (κ2) is 4.94. The highest BCUT2D eigenvalue weighted by atomic mass is 127. The van der Waals surface area contributed by atoms with Crippen LogP contribution in [0, 0.1) is 3.70 Å². The SMILES string of the molecule is Brc1cn(CCC2CCCO2)nc1I. The van der Waals surface area contributed by atoms with Gasteiger partial charge in [0.05, 0.1) is 10.6 Å². The number of nitrogens with zero attached hydrogens (tertiary/aromatic N) is 2. The predicted molar refractivity (Wildman–Crippen MR) is 66.2 cm³/mol. The normalized spacial score (nSPS) is 21.7. The van der Waals surface area contributed by atoms with Crippen LogP contribution in [-0.4, -0.2) is 22.5 Å². The van der Waals surface area contributed by atoms with Crippen LogP contribution < -0.4 is 0 Å². The fraction of sp³-hybridized carbons (Fsp3) is 0.667. The van der Waals surface area contributed by atoms with Crippen LogP contribution in [-0.2, 0) is 11.3 Å². The summed E-state index contributed by atoms with van der Waals surface area (Å²) in [6, 6.07) is 0. The lowest BCUT2D eigenvalue weighted by molar-refractivity contribution is 0.0994. The molecule has 1 aromatic heterocycles. The van der Waals surface area contributed by atoms with Crippen LogP contribution in [0.3, 0.4) is 0 Å². The van der Waals surface area contributed by atoms with Gasteiger partial charge in [0.1, 0.15) is 3.70 Å². The Morgan fingerprint density at radius 3 is 3.14 bits per heavy atom. The van der Waals surface area contributed by atoms with E-state index in [2.05, 4.69) is 43.6 Å². The van der Waals surface area contributed by atoms with Crippen LogP contribution in [0.2, 0.25) is 0 Å². The standard InChI is InChI=1S/C9H12BrIN2O/c10-8-6-13(12-9(8)11)4-3-7-2-1-5-14-7/h6-7H,1-5H2. The maximum atomic E-state index is 5.56. The number of aryl methyl sites for hydroxylation is 1. The zero-order chi connectivity index (χ0) is 9.97. The Morgan fingerprint density at radius 1 is 1.71 bits per heavy atom. The van der Waals surface area contributed by atoms with Crippen molar-refractivity contribution in [2.75, 3.05) is 6.61 Å². The molecule has 3 nitrogen and oxygen atoms in total. The molecule has 1 saturated heterocycles. The zero-order valence-electron chi connectivity index (χ0n) is 7.75. The third-order valence-electron chi connectivity index (χ3n) is 2.38. The summed E-state index contributed by atoms with van der Waals surface area (Å²) in [4.78, 5) is 0. The molecule has 1 atom stereocenters. The maximum absolute atomic E-state index is 5.56. The first-order valence-corrected chi connectivity index (χ1v) is 6.63. The van der Waals surface area contributed by atoms with Crippen molar-refractivity contribution in [3.05, 3.63) is 14.4 Å². The highest BCUT2D eigenvalue weighted by Gasteiger charge is 2.15. The second-order valence-corrected chi connectivity index (χ2v) is 5.33. The molecule has 1 aromatic rings. The van der Waals surface area contributed by atoms with Crippen LogP contribution in [0.15, 0.2) is 10.7 Å². The molecule has 2 rings (SSSR count). The van der Waals surface area contributed by atoms with E-state index in [1.54, 1.807) is 0 Å². The lowest BCUT2D eigenvalue weighted by atomic mass is 10.2. The van der Waals surface area contributed by atoms with Gasteiger partial charge >= 0.3 is 0 Å². The van der Waals surface area contributed by atoms with E-state index in [1.165, 1.54) is 12.8 Å². The van der Waals surface area contributed by atoms with Crippen molar-refractivity contribution in [3.63, 3.8) is 0 Å². The number of rotatable bonds is 3. The lowest BCUT2D eigenvalue weighted by Crippen LogP contribution is -2.10. The van der Waals surface area contributed by atoms with Gasteiger partial charge in [-0.25, -0.2) is 0 Å². The van der Waals surface area contributed by atoms with Gasteiger partial charge in [-0.1, -0.05) is 0 Å². The van der Waals surface area contributed by atoms with Crippen molar-refractivity contribution in [2.45, 2.75) is 31.9 Å². The summed E-state index contributed by atoms with van der Waals surface area (Å²) < 4.78 is 9.63. The molecule has 2 heterocycles. The van der Waals surface area contributed by atoms with Crippen molar-refractivity contribution in [3.8, 4) is 0 Å². The van der Waals surface area contributed by atoms with Crippen molar-refractivity contribution in [2.24, 2.45) is 0 Å². The van der Waals surface area contributed by atoms with Crippen LogP contribution in [0.1, 0.15) is 19.3 Å². The molecule has 0 saturated carbocycles. The van der Waals surface area contributed by atoms with Crippen LogP contribution in [0.25, 0.3) is 0 Å². The minimum absolute atomic E-state index is 0.454. The molecule has 14 heavy (non-hydrogen) atoms. The van der Waals surface area contributed by atoms with Crippen molar-refractivity contribution < 1.29 is 4.74 Å². The van der Waals surface area contributed by atoms with E-state index < -0.39 is 0 Å². The molecule has 1 aliphatic rings. The Labute approximate surface area is 105 Å². The Kier molecular flexibility index (Phi) is 3.84. The van der Waals surface area contributed by atoms with Crippen LogP contribution in [0.5, 0.6) is 0 Å². The first-order valence-electron chi connectivity index (χ1n) is 4.76. The summed E-state index contributed by atoms with van der Waals surface area (Å²) in [7, 11) is 0. The number of ether oxygens (including phenoxy) is 1. The number of hydrogen-bond acceptors (Lipinski definition) is 2. The van der Waals surface area contributed by atoms with E-state index in [4.69, 9.17) is 4.74 Å². The third kappa shape index (κ3) is 2.70. The van der Waals surface area contributed by atoms with Crippen LogP contribution in [0.4, 0.5) is 0 Å². The number of aromatic nitrogens is 2. The van der Waals surface area contributed by atoms with E-state index in [9.17, 15) is 0 Å². The molecule has 0 N–H and O–H groups in total. The molecule has 78 valence electrons.